The van der Waals surface area contributed by atoms with Crippen LogP contribution in [0.3, 0.4) is 0 Å². The number of carbonyl (C=O) groups excluding carboxylic acids is 1. The minimum atomic E-state index is 0.465. The van der Waals surface area contributed by atoms with Gasteiger partial charge in [-0.3, -0.25) is 4.79 Å². The Morgan fingerprint density at radius 1 is 1.30 bits per heavy atom. The molecular weight excluding hydrogens is 318 g/mol. The number of halogens is 1. The number of carbonyl (C=O) groups is 1. The molecule has 4 rings (SSSR count). The van der Waals surface area contributed by atoms with Gasteiger partial charge in [-0.05, 0) is 24.1 Å². The highest BCUT2D eigenvalue weighted by Gasteiger charge is 2.44. The molecule has 5 heteroatoms. The smallest absolute Gasteiger partial charge is 0.209 e. The number of anilines is 2. The van der Waals surface area contributed by atoms with Gasteiger partial charge in [-0.15, -0.1) is 0 Å². The standard InChI is InChI=1S/C15H18BrN3O/c1-17-4-5-19-13-2-3-18(9-20)8-12(13)11-6-10(16)7-14(17)15(11)19/h6-7,9,12-13H,2-5,8H2,1H3. The van der Waals surface area contributed by atoms with Crippen molar-refractivity contribution in [1.29, 1.82) is 0 Å². The maximum Gasteiger partial charge on any atom is 0.209 e. The number of rotatable bonds is 1. The topological polar surface area (TPSA) is 26.8 Å². The third-order valence-corrected chi connectivity index (χ3v) is 5.47. The Morgan fingerprint density at radius 2 is 2.15 bits per heavy atom. The van der Waals surface area contributed by atoms with Crippen molar-refractivity contribution < 1.29 is 4.79 Å². The van der Waals surface area contributed by atoms with Crippen molar-refractivity contribution in [3.63, 3.8) is 0 Å². The second kappa shape index (κ2) is 4.38. The summed E-state index contributed by atoms with van der Waals surface area (Å²) in [7, 11) is 2.17. The maximum absolute atomic E-state index is 11.1. The molecule has 1 fully saturated rings. The molecule has 106 valence electrons. The molecule has 0 bridgehead atoms. The van der Waals surface area contributed by atoms with E-state index in [4.69, 9.17) is 0 Å². The Labute approximate surface area is 127 Å². The molecule has 1 amide bonds. The largest absolute Gasteiger partial charge is 0.371 e. The van der Waals surface area contributed by atoms with E-state index >= 15 is 0 Å². The minimum absolute atomic E-state index is 0.465. The van der Waals surface area contributed by atoms with E-state index in [1.165, 1.54) is 16.9 Å². The molecule has 2 unspecified atom stereocenters. The van der Waals surface area contributed by atoms with Crippen LogP contribution < -0.4 is 9.80 Å². The third kappa shape index (κ3) is 1.62. The molecule has 0 saturated carbocycles. The molecule has 3 aliphatic rings. The Kier molecular flexibility index (Phi) is 2.74. The predicted molar refractivity (Wildman–Crippen MR) is 83.5 cm³/mol. The fourth-order valence-electron chi connectivity index (χ4n) is 4.05. The summed E-state index contributed by atoms with van der Waals surface area (Å²) in [5, 5.41) is 0. The Hall–Kier alpha value is -1.23. The monoisotopic (exact) mass is 335 g/mol. The molecule has 2 atom stereocenters. The van der Waals surface area contributed by atoms with Gasteiger partial charge in [-0.25, -0.2) is 0 Å². The average molecular weight is 336 g/mol. The van der Waals surface area contributed by atoms with Crippen LogP contribution in [-0.4, -0.2) is 50.6 Å². The van der Waals surface area contributed by atoms with E-state index in [9.17, 15) is 4.79 Å². The van der Waals surface area contributed by atoms with Gasteiger partial charge in [0.05, 0.1) is 11.4 Å². The van der Waals surface area contributed by atoms with Gasteiger partial charge in [0.1, 0.15) is 0 Å². The van der Waals surface area contributed by atoms with Gasteiger partial charge in [-0.2, -0.15) is 0 Å². The highest BCUT2D eigenvalue weighted by atomic mass is 79.9. The van der Waals surface area contributed by atoms with Gasteiger partial charge in [0.25, 0.3) is 0 Å². The second-order valence-corrected chi connectivity index (χ2v) is 6.96. The van der Waals surface area contributed by atoms with Crippen LogP contribution in [0, 0.1) is 0 Å². The van der Waals surface area contributed by atoms with Gasteiger partial charge in [0.15, 0.2) is 0 Å². The fraction of sp³-hybridized carbons (Fsp3) is 0.533. The number of likely N-dealkylation sites (N-methyl/N-ethyl adjacent to an activating group) is 1. The molecule has 0 aliphatic carbocycles. The van der Waals surface area contributed by atoms with Gasteiger partial charge in [-0.1, -0.05) is 15.9 Å². The molecular formula is C15H18BrN3O. The van der Waals surface area contributed by atoms with E-state index in [-0.39, 0.29) is 0 Å². The van der Waals surface area contributed by atoms with E-state index in [1.807, 2.05) is 4.90 Å². The van der Waals surface area contributed by atoms with Crippen LogP contribution >= 0.6 is 15.9 Å². The first-order valence-electron chi connectivity index (χ1n) is 7.19. The highest BCUT2D eigenvalue weighted by Crippen LogP contribution is 2.51. The minimum Gasteiger partial charge on any atom is -0.371 e. The average Bonchev–Trinajstić information content (AvgIpc) is 2.77. The molecule has 4 nitrogen and oxygen atoms in total. The molecule has 0 N–H and O–H groups in total. The first-order valence-corrected chi connectivity index (χ1v) is 7.99. The molecule has 0 radical (unpaired) electrons. The number of amides is 1. The zero-order chi connectivity index (χ0) is 13.9. The molecule has 3 aliphatic heterocycles. The number of nitrogens with zero attached hydrogens (tertiary/aromatic N) is 3. The van der Waals surface area contributed by atoms with Crippen LogP contribution in [0.5, 0.6) is 0 Å². The Morgan fingerprint density at radius 3 is 2.95 bits per heavy atom. The number of benzene rings is 1. The lowest BCUT2D eigenvalue weighted by Crippen LogP contribution is -2.48. The van der Waals surface area contributed by atoms with Crippen molar-refractivity contribution in [3.05, 3.63) is 22.2 Å². The van der Waals surface area contributed by atoms with E-state index in [2.05, 4.69) is 44.9 Å². The summed E-state index contributed by atoms with van der Waals surface area (Å²) in [6, 6.07) is 5.05. The summed E-state index contributed by atoms with van der Waals surface area (Å²) >= 11 is 3.65. The zero-order valence-corrected chi connectivity index (χ0v) is 13.1. The summed E-state index contributed by atoms with van der Waals surface area (Å²) in [4.78, 5) is 18.0. The van der Waals surface area contributed by atoms with Crippen molar-refractivity contribution in [1.82, 2.24) is 4.90 Å². The van der Waals surface area contributed by atoms with Gasteiger partial charge in [0, 0.05) is 49.7 Å². The van der Waals surface area contributed by atoms with Crippen LogP contribution in [0.2, 0.25) is 0 Å². The lowest BCUT2D eigenvalue weighted by Gasteiger charge is -2.40. The fourth-order valence-corrected chi connectivity index (χ4v) is 4.52. The van der Waals surface area contributed by atoms with Crippen molar-refractivity contribution in [2.45, 2.75) is 18.4 Å². The SMILES string of the molecule is CN1CCN2c3c(cc(Br)cc31)C1CN(C=O)CCC12. The first-order chi connectivity index (χ1) is 9.69. The predicted octanol–water partition coefficient (Wildman–Crippen LogP) is 2.03. The number of hydrogen-bond acceptors (Lipinski definition) is 3. The summed E-state index contributed by atoms with van der Waals surface area (Å²) in [6.45, 7) is 3.92. The number of likely N-dealkylation sites (tertiary alicyclic amines) is 1. The van der Waals surface area contributed by atoms with Crippen molar-refractivity contribution >= 4 is 33.7 Å². The second-order valence-electron chi connectivity index (χ2n) is 6.04. The number of piperidine rings is 1. The quantitative estimate of drug-likeness (QED) is 0.735. The van der Waals surface area contributed by atoms with Crippen molar-refractivity contribution in [3.8, 4) is 0 Å². The third-order valence-electron chi connectivity index (χ3n) is 5.02. The summed E-state index contributed by atoms with van der Waals surface area (Å²) in [5.74, 6) is 0.465. The van der Waals surface area contributed by atoms with Gasteiger partial charge >= 0.3 is 0 Å². The molecule has 3 heterocycles. The zero-order valence-electron chi connectivity index (χ0n) is 11.6. The Balaban J connectivity index is 1.85. The molecule has 1 aromatic rings. The molecule has 1 saturated heterocycles. The molecule has 0 aromatic heterocycles. The van der Waals surface area contributed by atoms with Crippen LogP contribution in [0.4, 0.5) is 11.4 Å². The molecule has 1 aromatic carbocycles. The summed E-state index contributed by atoms with van der Waals surface area (Å²) in [5.41, 5.74) is 4.15. The normalized spacial score (nSPS) is 27.4. The van der Waals surface area contributed by atoms with Crippen LogP contribution in [0.15, 0.2) is 16.6 Å². The van der Waals surface area contributed by atoms with E-state index in [1.54, 1.807) is 0 Å². The van der Waals surface area contributed by atoms with Crippen LogP contribution in [-0.2, 0) is 4.79 Å². The Bertz CT molecular complexity index is 576. The van der Waals surface area contributed by atoms with Crippen molar-refractivity contribution in [2.24, 2.45) is 0 Å². The van der Waals surface area contributed by atoms with Gasteiger partial charge < -0.3 is 14.7 Å². The van der Waals surface area contributed by atoms with Crippen LogP contribution in [0.1, 0.15) is 17.9 Å². The summed E-state index contributed by atoms with van der Waals surface area (Å²) < 4.78 is 1.14. The van der Waals surface area contributed by atoms with Gasteiger partial charge in [0.2, 0.25) is 6.41 Å². The van der Waals surface area contributed by atoms with Crippen LogP contribution in [0.25, 0.3) is 0 Å². The lowest BCUT2D eigenvalue weighted by molar-refractivity contribution is -0.119. The van der Waals surface area contributed by atoms with E-state index in [0.717, 1.165) is 43.5 Å². The number of fused-ring (bicyclic) bond motifs is 3. The van der Waals surface area contributed by atoms with E-state index < -0.39 is 0 Å². The van der Waals surface area contributed by atoms with Crippen molar-refractivity contribution in [2.75, 3.05) is 43.0 Å². The first kappa shape index (κ1) is 12.5. The lowest BCUT2D eigenvalue weighted by atomic mass is 9.89. The number of hydrogen-bond donors (Lipinski definition) is 0. The highest BCUT2D eigenvalue weighted by molar-refractivity contribution is 9.10. The maximum atomic E-state index is 11.1. The molecule has 0 spiro atoms. The molecule has 20 heavy (non-hydrogen) atoms. The summed E-state index contributed by atoms with van der Waals surface area (Å²) in [6.07, 6.45) is 2.09. The van der Waals surface area contributed by atoms with E-state index in [0.29, 0.717) is 12.0 Å².